The van der Waals surface area contributed by atoms with Crippen molar-refractivity contribution in [3.8, 4) is 0 Å². The molecular formula is C17H28N2O3S. The minimum atomic E-state index is -3.42. The van der Waals surface area contributed by atoms with Gasteiger partial charge in [-0.05, 0) is 43.5 Å². The number of hydrogen-bond acceptors (Lipinski definition) is 3. The Labute approximate surface area is 140 Å². The zero-order valence-corrected chi connectivity index (χ0v) is 15.6. The van der Waals surface area contributed by atoms with Crippen LogP contribution in [0.2, 0.25) is 0 Å². The third-order valence-corrected chi connectivity index (χ3v) is 5.17. The molecule has 0 spiro atoms. The summed E-state index contributed by atoms with van der Waals surface area (Å²) in [5.74, 6) is -0.0315. The molecule has 1 aromatic rings. The van der Waals surface area contributed by atoms with E-state index >= 15 is 0 Å². The minimum absolute atomic E-state index is 0.0315. The molecule has 130 valence electrons. The van der Waals surface area contributed by atoms with Crippen molar-refractivity contribution in [2.75, 3.05) is 30.7 Å². The predicted octanol–water partition coefficient (Wildman–Crippen LogP) is 2.72. The maximum Gasteiger partial charge on any atom is 0.232 e. The lowest BCUT2D eigenvalue weighted by atomic mass is 10.1. The summed E-state index contributed by atoms with van der Waals surface area (Å²) >= 11 is 0. The fourth-order valence-corrected chi connectivity index (χ4v) is 3.19. The number of sulfonamides is 1. The van der Waals surface area contributed by atoms with Gasteiger partial charge in [-0.15, -0.1) is 0 Å². The number of amides is 1. The number of benzene rings is 1. The molecule has 0 unspecified atom stereocenters. The Hall–Kier alpha value is -1.56. The normalized spacial score (nSPS) is 11.3. The summed E-state index contributed by atoms with van der Waals surface area (Å²) < 4.78 is 25.5. The lowest BCUT2D eigenvalue weighted by Gasteiger charge is -2.24. The highest BCUT2D eigenvalue weighted by molar-refractivity contribution is 7.92. The largest absolute Gasteiger partial charge is 0.346 e. The van der Waals surface area contributed by atoms with E-state index in [0.29, 0.717) is 12.2 Å². The van der Waals surface area contributed by atoms with Gasteiger partial charge in [0.05, 0.1) is 11.9 Å². The van der Waals surface area contributed by atoms with E-state index in [9.17, 15) is 13.2 Å². The summed E-state index contributed by atoms with van der Waals surface area (Å²) in [7, 11) is -1.66. The molecule has 0 aliphatic carbocycles. The van der Waals surface area contributed by atoms with Crippen molar-refractivity contribution in [1.82, 2.24) is 4.90 Å². The first-order chi connectivity index (χ1) is 10.7. The van der Waals surface area contributed by atoms with Crippen LogP contribution in [0.5, 0.6) is 0 Å². The molecule has 0 aliphatic rings. The predicted molar refractivity (Wildman–Crippen MR) is 95.3 cm³/mol. The van der Waals surface area contributed by atoms with Gasteiger partial charge in [0.2, 0.25) is 15.9 Å². The van der Waals surface area contributed by atoms with Crippen molar-refractivity contribution >= 4 is 21.6 Å². The average Bonchev–Trinajstić information content (AvgIpc) is 2.46. The summed E-state index contributed by atoms with van der Waals surface area (Å²) in [4.78, 5) is 13.8. The third kappa shape index (κ3) is 5.86. The van der Waals surface area contributed by atoms with Crippen molar-refractivity contribution < 1.29 is 13.2 Å². The van der Waals surface area contributed by atoms with Crippen LogP contribution < -0.4 is 4.31 Å². The van der Waals surface area contributed by atoms with Gasteiger partial charge in [-0.3, -0.25) is 9.10 Å². The number of aryl methyl sites for hydroxylation is 2. The molecule has 0 radical (unpaired) electrons. The number of rotatable bonds is 8. The Morgan fingerprint density at radius 2 is 1.78 bits per heavy atom. The maximum absolute atomic E-state index is 12.1. The van der Waals surface area contributed by atoms with E-state index in [1.807, 2.05) is 26.0 Å². The Kier molecular flexibility index (Phi) is 7.06. The number of hydrogen-bond donors (Lipinski definition) is 0. The van der Waals surface area contributed by atoms with Crippen molar-refractivity contribution in [3.05, 3.63) is 29.3 Å². The molecule has 0 saturated carbocycles. The molecule has 0 aromatic heterocycles. The van der Waals surface area contributed by atoms with E-state index in [1.165, 1.54) is 10.6 Å². The van der Waals surface area contributed by atoms with Crippen LogP contribution in [0, 0.1) is 13.8 Å². The quantitative estimate of drug-likeness (QED) is 0.731. The van der Waals surface area contributed by atoms with E-state index in [2.05, 4.69) is 6.92 Å². The fourth-order valence-electron chi connectivity index (χ4n) is 2.28. The standard InChI is InChI=1S/C17H28N2O3S/c1-6-7-11-18(4)17(20)10-12-19(23(5,21)22)16-9-8-14(2)15(3)13-16/h8-9,13H,6-7,10-12H2,1-5H3. The van der Waals surface area contributed by atoms with Crippen LogP contribution in [-0.4, -0.2) is 45.6 Å². The van der Waals surface area contributed by atoms with Crippen LogP contribution in [0.4, 0.5) is 5.69 Å². The Morgan fingerprint density at radius 3 is 2.30 bits per heavy atom. The Balaban J connectivity index is 2.85. The number of nitrogens with zero attached hydrogens (tertiary/aromatic N) is 2. The number of unbranched alkanes of at least 4 members (excludes halogenated alkanes) is 1. The molecule has 5 nitrogen and oxygen atoms in total. The average molecular weight is 340 g/mol. The van der Waals surface area contributed by atoms with Crippen molar-refractivity contribution in [2.45, 2.75) is 40.0 Å². The first-order valence-corrected chi connectivity index (χ1v) is 9.80. The SMILES string of the molecule is CCCCN(C)C(=O)CCN(c1ccc(C)c(C)c1)S(C)(=O)=O. The van der Waals surface area contributed by atoms with Gasteiger partial charge >= 0.3 is 0 Å². The topological polar surface area (TPSA) is 57.7 Å². The van der Waals surface area contributed by atoms with Crippen LogP contribution in [0.15, 0.2) is 18.2 Å². The van der Waals surface area contributed by atoms with Gasteiger partial charge in [0.1, 0.15) is 0 Å². The molecule has 1 rings (SSSR count). The highest BCUT2D eigenvalue weighted by Crippen LogP contribution is 2.21. The third-order valence-electron chi connectivity index (χ3n) is 3.98. The van der Waals surface area contributed by atoms with Crippen LogP contribution in [0.1, 0.15) is 37.3 Å². The molecule has 0 atom stereocenters. The molecule has 0 fully saturated rings. The van der Waals surface area contributed by atoms with Crippen LogP contribution >= 0.6 is 0 Å². The Morgan fingerprint density at radius 1 is 1.13 bits per heavy atom. The van der Waals surface area contributed by atoms with Crippen molar-refractivity contribution in [3.63, 3.8) is 0 Å². The highest BCUT2D eigenvalue weighted by Gasteiger charge is 2.20. The molecule has 1 aromatic carbocycles. The second-order valence-electron chi connectivity index (χ2n) is 6.02. The fraction of sp³-hybridized carbons (Fsp3) is 0.588. The molecule has 0 heterocycles. The van der Waals surface area contributed by atoms with Gasteiger partial charge in [0.15, 0.2) is 0 Å². The molecule has 6 heteroatoms. The molecular weight excluding hydrogens is 312 g/mol. The van der Waals surface area contributed by atoms with Gasteiger partial charge in [-0.1, -0.05) is 19.4 Å². The van der Waals surface area contributed by atoms with Gasteiger partial charge < -0.3 is 4.90 Å². The molecule has 0 aliphatic heterocycles. The van der Waals surface area contributed by atoms with Crippen LogP contribution in [0.25, 0.3) is 0 Å². The summed E-state index contributed by atoms with van der Waals surface area (Å²) in [5.41, 5.74) is 2.75. The number of anilines is 1. The summed E-state index contributed by atoms with van der Waals surface area (Å²) in [6.07, 6.45) is 3.33. The van der Waals surface area contributed by atoms with E-state index < -0.39 is 10.0 Å². The van der Waals surface area contributed by atoms with Gasteiger partial charge in [0, 0.05) is 26.6 Å². The van der Waals surface area contributed by atoms with Crippen LogP contribution in [0.3, 0.4) is 0 Å². The second-order valence-corrected chi connectivity index (χ2v) is 7.93. The monoisotopic (exact) mass is 340 g/mol. The van der Waals surface area contributed by atoms with Crippen molar-refractivity contribution in [1.29, 1.82) is 0 Å². The van der Waals surface area contributed by atoms with E-state index in [1.54, 1.807) is 18.0 Å². The summed E-state index contributed by atoms with van der Waals surface area (Å²) in [5, 5.41) is 0. The molecule has 0 N–H and O–H groups in total. The maximum atomic E-state index is 12.1. The zero-order chi connectivity index (χ0) is 17.6. The molecule has 1 amide bonds. The summed E-state index contributed by atoms with van der Waals surface area (Å²) in [6.45, 7) is 6.87. The molecule has 0 saturated heterocycles. The first kappa shape index (κ1) is 19.5. The lowest BCUT2D eigenvalue weighted by Crippen LogP contribution is -2.35. The smallest absolute Gasteiger partial charge is 0.232 e. The summed E-state index contributed by atoms with van der Waals surface area (Å²) in [6, 6.07) is 5.54. The molecule has 0 bridgehead atoms. The first-order valence-electron chi connectivity index (χ1n) is 7.95. The van der Waals surface area contributed by atoms with E-state index in [-0.39, 0.29) is 18.9 Å². The number of carbonyl (C=O) groups is 1. The molecule has 23 heavy (non-hydrogen) atoms. The number of carbonyl (C=O) groups excluding carboxylic acids is 1. The zero-order valence-electron chi connectivity index (χ0n) is 14.8. The lowest BCUT2D eigenvalue weighted by molar-refractivity contribution is -0.129. The van der Waals surface area contributed by atoms with Gasteiger partial charge in [0.25, 0.3) is 0 Å². The van der Waals surface area contributed by atoms with E-state index in [4.69, 9.17) is 0 Å². The van der Waals surface area contributed by atoms with Crippen LogP contribution in [-0.2, 0) is 14.8 Å². The van der Waals surface area contributed by atoms with Gasteiger partial charge in [-0.2, -0.15) is 0 Å². The Bertz CT molecular complexity index is 641. The van der Waals surface area contributed by atoms with E-state index in [0.717, 1.165) is 24.0 Å². The highest BCUT2D eigenvalue weighted by atomic mass is 32.2. The second kappa shape index (κ2) is 8.34. The minimum Gasteiger partial charge on any atom is -0.346 e. The van der Waals surface area contributed by atoms with Crippen molar-refractivity contribution in [2.24, 2.45) is 0 Å². The van der Waals surface area contributed by atoms with Gasteiger partial charge in [-0.25, -0.2) is 8.42 Å².